The molecule has 0 spiro atoms. The number of H-pyrrole nitrogens is 1. The number of aromatic amines is 1. The summed E-state index contributed by atoms with van der Waals surface area (Å²) in [4.78, 5) is 0. The monoisotopic (exact) mass is 318 g/mol. The minimum Gasteiger partial charge on any atom is -0.277 e. The topological polar surface area (TPSA) is 46.5 Å². The molecule has 0 aliphatic carbocycles. The number of aromatic nitrogens is 4. The molecule has 122 valence electrons. The van der Waals surface area contributed by atoms with Gasteiger partial charge < -0.3 is 0 Å². The van der Waals surface area contributed by atoms with Gasteiger partial charge in [-0.3, -0.25) is 9.78 Å². The fourth-order valence-corrected chi connectivity index (χ4v) is 3.42. The van der Waals surface area contributed by atoms with Crippen LogP contribution in [-0.2, 0) is 19.9 Å². The summed E-state index contributed by atoms with van der Waals surface area (Å²) in [7, 11) is 1.98. The lowest BCUT2D eigenvalue weighted by molar-refractivity contribution is 0.797. The van der Waals surface area contributed by atoms with Crippen molar-refractivity contribution in [1.82, 2.24) is 20.0 Å². The van der Waals surface area contributed by atoms with Crippen molar-refractivity contribution in [1.29, 1.82) is 0 Å². The zero-order valence-electron chi connectivity index (χ0n) is 14.4. The molecular formula is C20H22N4. The second kappa shape index (κ2) is 5.78. The average Bonchev–Trinajstić information content (AvgIpc) is 3.16. The largest absolute Gasteiger partial charge is 0.277 e. The molecule has 0 unspecified atom stereocenters. The van der Waals surface area contributed by atoms with Gasteiger partial charge in [0.1, 0.15) is 0 Å². The van der Waals surface area contributed by atoms with Gasteiger partial charge in [0.05, 0.1) is 22.9 Å². The Bertz CT molecular complexity index is 1010. The third-order valence-electron chi connectivity index (χ3n) is 4.79. The highest BCUT2D eigenvalue weighted by atomic mass is 15.2. The van der Waals surface area contributed by atoms with Crippen molar-refractivity contribution in [2.75, 3.05) is 0 Å². The molecule has 0 aliphatic rings. The Kier molecular flexibility index (Phi) is 3.60. The molecule has 0 bridgehead atoms. The summed E-state index contributed by atoms with van der Waals surface area (Å²) in [6.45, 7) is 4.44. The Labute approximate surface area is 141 Å². The predicted molar refractivity (Wildman–Crippen MR) is 98.3 cm³/mol. The Balaban J connectivity index is 1.61. The van der Waals surface area contributed by atoms with Crippen LogP contribution < -0.4 is 0 Å². The highest BCUT2D eigenvalue weighted by Crippen LogP contribution is 2.26. The zero-order valence-corrected chi connectivity index (χ0v) is 14.4. The maximum absolute atomic E-state index is 4.58. The van der Waals surface area contributed by atoms with Gasteiger partial charge in [-0.15, -0.1) is 0 Å². The van der Waals surface area contributed by atoms with E-state index < -0.39 is 0 Å². The van der Waals surface area contributed by atoms with Crippen LogP contribution in [0.15, 0.2) is 42.6 Å². The van der Waals surface area contributed by atoms with Gasteiger partial charge in [0.2, 0.25) is 0 Å². The van der Waals surface area contributed by atoms with E-state index in [-0.39, 0.29) is 0 Å². The fourth-order valence-electron chi connectivity index (χ4n) is 3.42. The van der Waals surface area contributed by atoms with Crippen LogP contribution in [0, 0.1) is 0 Å². The first kappa shape index (κ1) is 14.9. The number of nitrogens with one attached hydrogen (secondary N) is 1. The van der Waals surface area contributed by atoms with E-state index in [0.29, 0.717) is 5.92 Å². The van der Waals surface area contributed by atoms with Gasteiger partial charge in [0, 0.05) is 17.8 Å². The van der Waals surface area contributed by atoms with E-state index in [1.54, 1.807) is 0 Å². The molecule has 0 atom stereocenters. The summed E-state index contributed by atoms with van der Waals surface area (Å²) < 4.78 is 1.91. The molecular weight excluding hydrogens is 296 g/mol. The quantitative estimate of drug-likeness (QED) is 0.608. The molecule has 24 heavy (non-hydrogen) atoms. The zero-order chi connectivity index (χ0) is 16.7. The van der Waals surface area contributed by atoms with Gasteiger partial charge in [-0.2, -0.15) is 10.2 Å². The summed E-state index contributed by atoms with van der Waals surface area (Å²) >= 11 is 0. The first-order valence-corrected chi connectivity index (χ1v) is 8.50. The first-order chi connectivity index (χ1) is 11.6. The van der Waals surface area contributed by atoms with Crippen LogP contribution >= 0.6 is 0 Å². The molecule has 2 heterocycles. The SMILES string of the molecule is CC(C)c1cccc2c(CCc3ccc4c(cnn4C)c3)n[nH]c12. The molecule has 0 radical (unpaired) electrons. The van der Waals surface area contributed by atoms with Crippen molar-refractivity contribution in [2.45, 2.75) is 32.6 Å². The summed E-state index contributed by atoms with van der Waals surface area (Å²) in [5.41, 5.74) is 6.17. The van der Waals surface area contributed by atoms with Gasteiger partial charge in [0.25, 0.3) is 0 Å². The van der Waals surface area contributed by atoms with E-state index in [9.17, 15) is 0 Å². The van der Waals surface area contributed by atoms with Crippen molar-refractivity contribution in [3.63, 3.8) is 0 Å². The number of fused-ring (bicyclic) bond motifs is 2. The number of hydrogen-bond donors (Lipinski definition) is 1. The van der Waals surface area contributed by atoms with Crippen LogP contribution in [0.5, 0.6) is 0 Å². The van der Waals surface area contributed by atoms with Crippen LogP contribution in [0.2, 0.25) is 0 Å². The molecule has 0 fully saturated rings. The molecule has 2 aromatic heterocycles. The number of benzene rings is 2. The number of nitrogens with zero attached hydrogens (tertiary/aromatic N) is 3. The molecule has 4 rings (SSSR count). The second-order valence-corrected chi connectivity index (χ2v) is 6.76. The first-order valence-electron chi connectivity index (χ1n) is 8.50. The van der Waals surface area contributed by atoms with Crippen LogP contribution in [0.1, 0.15) is 36.6 Å². The van der Waals surface area contributed by atoms with Crippen molar-refractivity contribution in [3.05, 3.63) is 59.4 Å². The lowest BCUT2D eigenvalue weighted by Gasteiger charge is -2.06. The summed E-state index contributed by atoms with van der Waals surface area (Å²) in [6.07, 6.45) is 3.85. The van der Waals surface area contributed by atoms with E-state index >= 15 is 0 Å². The maximum atomic E-state index is 4.58. The van der Waals surface area contributed by atoms with Crippen LogP contribution in [0.25, 0.3) is 21.8 Å². The predicted octanol–water partition coefficient (Wildman–Crippen LogP) is 4.36. The minimum absolute atomic E-state index is 0.495. The molecule has 0 saturated carbocycles. The van der Waals surface area contributed by atoms with Crippen LogP contribution in [-0.4, -0.2) is 20.0 Å². The highest BCUT2D eigenvalue weighted by Gasteiger charge is 2.11. The smallest absolute Gasteiger partial charge is 0.0704 e. The van der Waals surface area contributed by atoms with Crippen LogP contribution in [0.3, 0.4) is 0 Å². The summed E-state index contributed by atoms with van der Waals surface area (Å²) in [6, 6.07) is 13.1. The molecule has 4 aromatic rings. The van der Waals surface area contributed by atoms with Crippen molar-refractivity contribution in [3.8, 4) is 0 Å². The van der Waals surface area contributed by atoms with Crippen LogP contribution in [0.4, 0.5) is 0 Å². The van der Waals surface area contributed by atoms with E-state index in [1.165, 1.54) is 32.9 Å². The number of para-hydroxylation sites is 1. The van der Waals surface area contributed by atoms with Gasteiger partial charge in [-0.05, 0) is 42.0 Å². The maximum Gasteiger partial charge on any atom is 0.0704 e. The second-order valence-electron chi connectivity index (χ2n) is 6.76. The third kappa shape index (κ3) is 2.48. The van der Waals surface area contributed by atoms with Gasteiger partial charge >= 0.3 is 0 Å². The fraction of sp³-hybridized carbons (Fsp3) is 0.300. The van der Waals surface area contributed by atoms with Crippen molar-refractivity contribution >= 4 is 21.8 Å². The molecule has 0 saturated heterocycles. The van der Waals surface area contributed by atoms with E-state index in [2.05, 4.69) is 65.5 Å². The Hall–Kier alpha value is -2.62. The molecule has 4 heteroatoms. The number of aryl methyl sites for hydroxylation is 3. The molecule has 4 nitrogen and oxygen atoms in total. The molecule has 0 aliphatic heterocycles. The van der Waals surface area contributed by atoms with Crippen molar-refractivity contribution in [2.24, 2.45) is 7.05 Å². The van der Waals surface area contributed by atoms with Gasteiger partial charge in [0.15, 0.2) is 0 Å². The van der Waals surface area contributed by atoms with E-state index in [1.807, 2.05) is 17.9 Å². The lowest BCUT2D eigenvalue weighted by atomic mass is 9.98. The van der Waals surface area contributed by atoms with Crippen molar-refractivity contribution < 1.29 is 0 Å². The molecule has 0 amide bonds. The molecule has 1 N–H and O–H groups in total. The Morgan fingerprint density at radius 3 is 2.83 bits per heavy atom. The number of rotatable bonds is 4. The normalized spacial score (nSPS) is 11.8. The van der Waals surface area contributed by atoms with E-state index in [0.717, 1.165) is 18.5 Å². The van der Waals surface area contributed by atoms with Gasteiger partial charge in [-0.1, -0.05) is 38.1 Å². The molecule has 2 aromatic carbocycles. The minimum atomic E-state index is 0.495. The average molecular weight is 318 g/mol. The van der Waals surface area contributed by atoms with Gasteiger partial charge in [-0.25, -0.2) is 0 Å². The Morgan fingerprint density at radius 1 is 1.12 bits per heavy atom. The lowest BCUT2D eigenvalue weighted by Crippen LogP contribution is -1.93. The summed E-state index contributed by atoms with van der Waals surface area (Å²) in [5, 5.41) is 14.6. The third-order valence-corrected chi connectivity index (χ3v) is 4.79. The highest BCUT2D eigenvalue weighted by molar-refractivity contribution is 5.85. The Morgan fingerprint density at radius 2 is 2.00 bits per heavy atom. The summed E-state index contributed by atoms with van der Waals surface area (Å²) in [5.74, 6) is 0.495. The van der Waals surface area contributed by atoms with E-state index in [4.69, 9.17) is 0 Å². The standard InChI is InChI=1S/C20H22N4/c1-13(2)16-5-4-6-17-18(22-23-20(16)17)9-7-14-8-10-19-15(11-14)12-21-24(19)3/h4-6,8,10-13H,7,9H2,1-3H3,(H,22,23). The number of hydrogen-bond acceptors (Lipinski definition) is 2.